The molecule has 1 fully saturated rings. The number of aromatic nitrogens is 2. The van der Waals surface area contributed by atoms with Crippen LogP contribution in [0.25, 0.3) is 0 Å². The molecule has 0 aliphatic carbocycles. The molecule has 1 aliphatic rings. The minimum Gasteiger partial charge on any atom is -0.353 e. The third-order valence-electron chi connectivity index (χ3n) is 4.11. The summed E-state index contributed by atoms with van der Waals surface area (Å²) in [6, 6.07) is 5.62. The SMILES string of the molecule is Cc1cc(N2CCN(C(=O)CCC(=O)c3cccs3)CC2)ncn1. The van der Waals surface area contributed by atoms with E-state index in [-0.39, 0.29) is 24.5 Å². The largest absolute Gasteiger partial charge is 0.353 e. The van der Waals surface area contributed by atoms with E-state index >= 15 is 0 Å². The van der Waals surface area contributed by atoms with E-state index in [0.717, 1.165) is 29.5 Å². The maximum Gasteiger partial charge on any atom is 0.223 e. The number of carbonyl (C=O) groups excluding carboxylic acids is 2. The molecule has 0 aromatic carbocycles. The molecule has 0 atom stereocenters. The fraction of sp³-hybridized carbons (Fsp3) is 0.412. The van der Waals surface area contributed by atoms with Gasteiger partial charge in [-0.2, -0.15) is 0 Å². The molecule has 1 amide bonds. The highest BCUT2D eigenvalue weighted by Gasteiger charge is 2.22. The zero-order valence-electron chi connectivity index (χ0n) is 13.6. The van der Waals surface area contributed by atoms with Crippen molar-refractivity contribution in [3.8, 4) is 0 Å². The molecule has 24 heavy (non-hydrogen) atoms. The summed E-state index contributed by atoms with van der Waals surface area (Å²) in [6.07, 6.45) is 2.13. The fourth-order valence-electron chi connectivity index (χ4n) is 2.74. The van der Waals surface area contributed by atoms with Crippen molar-refractivity contribution in [1.29, 1.82) is 0 Å². The van der Waals surface area contributed by atoms with Crippen molar-refractivity contribution >= 4 is 28.8 Å². The number of hydrogen-bond acceptors (Lipinski definition) is 6. The van der Waals surface area contributed by atoms with Gasteiger partial charge in [-0.05, 0) is 18.4 Å². The van der Waals surface area contributed by atoms with Crippen LogP contribution in [0, 0.1) is 6.92 Å². The number of Topliss-reactive ketones (excluding diaryl/α,β-unsaturated/α-hetero) is 1. The molecule has 3 heterocycles. The predicted molar refractivity (Wildman–Crippen MR) is 93.4 cm³/mol. The second kappa shape index (κ2) is 7.53. The molecule has 2 aromatic rings. The van der Waals surface area contributed by atoms with Crippen LogP contribution in [0.4, 0.5) is 5.82 Å². The van der Waals surface area contributed by atoms with E-state index in [1.54, 1.807) is 12.4 Å². The number of nitrogens with zero attached hydrogens (tertiary/aromatic N) is 4. The molecule has 2 aromatic heterocycles. The van der Waals surface area contributed by atoms with E-state index in [4.69, 9.17) is 0 Å². The lowest BCUT2D eigenvalue weighted by molar-refractivity contribution is -0.131. The van der Waals surface area contributed by atoms with Crippen LogP contribution in [0.2, 0.25) is 0 Å². The number of hydrogen-bond donors (Lipinski definition) is 0. The molecule has 0 radical (unpaired) electrons. The van der Waals surface area contributed by atoms with Crippen molar-refractivity contribution in [1.82, 2.24) is 14.9 Å². The highest BCUT2D eigenvalue weighted by atomic mass is 32.1. The lowest BCUT2D eigenvalue weighted by Crippen LogP contribution is -2.49. The number of thiophene rings is 1. The average Bonchev–Trinajstić information content (AvgIpc) is 3.14. The quantitative estimate of drug-likeness (QED) is 0.778. The van der Waals surface area contributed by atoms with Gasteiger partial charge in [0.2, 0.25) is 5.91 Å². The Morgan fingerprint density at radius 1 is 1.17 bits per heavy atom. The Bertz CT molecular complexity index is 709. The first kappa shape index (κ1) is 16.6. The summed E-state index contributed by atoms with van der Waals surface area (Å²) in [5.74, 6) is 1.01. The number of amides is 1. The van der Waals surface area contributed by atoms with Crippen LogP contribution in [-0.4, -0.2) is 52.7 Å². The smallest absolute Gasteiger partial charge is 0.223 e. The number of piperazine rings is 1. The topological polar surface area (TPSA) is 66.4 Å². The lowest BCUT2D eigenvalue weighted by Gasteiger charge is -2.35. The van der Waals surface area contributed by atoms with E-state index in [2.05, 4.69) is 14.9 Å². The number of carbonyl (C=O) groups is 2. The van der Waals surface area contributed by atoms with Gasteiger partial charge in [-0.1, -0.05) is 6.07 Å². The zero-order chi connectivity index (χ0) is 16.9. The van der Waals surface area contributed by atoms with Gasteiger partial charge in [0.15, 0.2) is 5.78 Å². The molecule has 1 aliphatic heterocycles. The number of ketones is 1. The van der Waals surface area contributed by atoms with Gasteiger partial charge in [-0.3, -0.25) is 9.59 Å². The first-order valence-electron chi connectivity index (χ1n) is 8.01. The standard InChI is InChI=1S/C17H20N4O2S/c1-13-11-16(19-12-18-13)20-6-8-21(9-7-20)17(23)5-4-14(22)15-3-2-10-24-15/h2-3,10-12H,4-9H2,1H3. The molecule has 0 N–H and O–H groups in total. The first-order chi connectivity index (χ1) is 11.6. The third-order valence-corrected chi connectivity index (χ3v) is 5.02. The molecule has 7 heteroatoms. The molecule has 1 saturated heterocycles. The van der Waals surface area contributed by atoms with Crippen LogP contribution in [0.15, 0.2) is 29.9 Å². The summed E-state index contributed by atoms with van der Waals surface area (Å²) in [7, 11) is 0. The Balaban J connectivity index is 1.47. The zero-order valence-corrected chi connectivity index (χ0v) is 14.5. The van der Waals surface area contributed by atoms with Gasteiger partial charge >= 0.3 is 0 Å². The maximum atomic E-state index is 12.3. The van der Waals surface area contributed by atoms with Crippen molar-refractivity contribution in [3.05, 3.63) is 40.5 Å². The summed E-state index contributed by atoms with van der Waals surface area (Å²) < 4.78 is 0. The fourth-order valence-corrected chi connectivity index (χ4v) is 3.43. The van der Waals surface area contributed by atoms with Crippen LogP contribution in [0.5, 0.6) is 0 Å². The van der Waals surface area contributed by atoms with E-state index in [1.165, 1.54) is 11.3 Å². The summed E-state index contributed by atoms with van der Waals surface area (Å²) in [5, 5.41) is 1.88. The summed E-state index contributed by atoms with van der Waals surface area (Å²) in [5.41, 5.74) is 0.936. The van der Waals surface area contributed by atoms with Gasteiger partial charge in [0.1, 0.15) is 12.1 Å². The molecular weight excluding hydrogens is 324 g/mol. The predicted octanol–water partition coefficient (Wildman–Crippen LogP) is 2.16. The third kappa shape index (κ3) is 3.97. The van der Waals surface area contributed by atoms with E-state index in [0.29, 0.717) is 13.1 Å². The molecule has 0 spiro atoms. The van der Waals surface area contributed by atoms with Crippen LogP contribution < -0.4 is 4.90 Å². The molecular formula is C17H20N4O2S. The summed E-state index contributed by atoms with van der Waals surface area (Å²) in [6.45, 7) is 4.77. The van der Waals surface area contributed by atoms with Crippen molar-refractivity contribution < 1.29 is 9.59 Å². The van der Waals surface area contributed by atoms with Crippen molar-refractivity contribution in [2.24, 2.45) is 0 Å². The van der Waals surface area contributed by atoms with Crippen molar-refractivity contribution in [3.63, 3.8) is 0 Å². The highest BCUT2D eigenvalue weighted by Crippen LogP contribution is 2.16. The van der Waals surface area contributed by atoms with E-state index in [1.807, 2.05) is 29.3 Å². The van der Waals surface area contributed by atoms with Gasteiger partial charge in [0, 0.05) is 50.8 Å². The van der Waals surface area contributed by atoms with Gasteiger partial charge in [-0.15, -0.1) is 11.3 Å². The number of rotatable bonds is 5. The van der Waals surface area contributed by atoms with Crippen LogP contribution >= 0.6 is 11.3 Å². The Hall–Kier alpha value is -2.28. The normalized spacial score (nSPS) is 14.7. The Morgan fingerprint density at radius 3 is 2.62 bits per heavy atom. The second-order valence-corrected chi connectivity index (χ2v) is 6.73. The Kier molecular flexibility index (Phi) is 5.20. The first-order valence-corrected chi connectivity index (χ1v) is 8.89. The second-order valence-electron chi connectivity index (χ2n) is 5.79. The molecule has 0 saturated carbocycles. The minimum absolute atomic E-state index is 0.0495. The van der Waals surface area contributed by atoms with Crippen LogP contribution in [0.3, 0.4) is 0 Å². The Morgan fingerprint density at radius 2 is 1.96 bits per heavy atom. The summed E-state index contributed by atoms with van der Waals surface area (Å²) in [4.78, 5) is 37.4. The van der Waals surface area contributed by atoms with Crippen molar-refractivity contribution in [2.45, 2.75) is 19.8 Å². The van der Waals surface area contributed by atoms with Gasteiger partial charge in [0.25, 0.3) is 0 Å². The van der Waals surface area contributed by atoms with Gasteiger partial charge in [0.05, 0.1) is 4.88 Å². The maximum absolute atomic E-state index is 12.3. The number of aryl methyl sites for hydroxylation is 1. The highest BCUT2D eigenvalue weighted by molar-refractivity contribution is 7.12. The Labute approximate surface area is 145 Å². The summed E-state index contributed by atoms with van der Waals surface area (Å²) >= 11 is 1.42. The molecule has 3 rings (SSSR count). The van der Waals surface area contributed by atoms with Gasteiger partial charge in [-0.25, -0.2) is 9.97 Å². The minimum atomic E-state index is 0.0495. The van der Waals surface area contributed by atoms with Crippen LogP contribution in [0.1, 0.15) is 28.2 Å². The van der Waals surface area contributed by atoms with Gasteiger partial charge < -0.3 is 9.80 Å². The van der Waals surface area contributed by atoms with Crippen molar-refractivity contribution in [2.75, 3.05) is 31.1 Å². The molecule has 6 nitrogen and oxygen atoms in total. The number of anilines is 1. The van der Waals surface area contributed by atoms with E-state index < -0.39 is 0 Å². The average molecular weight is 344 g/mol. The molecule has 0 bridgehead atoms. The van der Waals surface area contributed by atoms with Crippen LogP contribution in [-0.2, 0) is 4.79 Å². The molecule has 0 unspecified atom stereocenters. The lowest BCUT2D eigenvalue weighted by atomic mass is 10.1. The molecule has 126 valence electrons. The van der Waals surface area contributed by atoms with E-state index in [9.17, 15) is 9.59 Å². The monoisotopic (exact) mass is 344 g/mol.